The fraction of sp³-hybridized carbons (Fsp3) is 1.00. The number of aliphatic hydroxyl groups is 1. The molecule has 0 radical (unpaired) electrons. The standard InChI is InChI=1S/C10H16O2/c11-8-7-3-1-6-12-9(7)10(8)4-2-5-10/h7-9,11H,1-6H2/t7-,8+,9-/m0/s1. The van der Waals surface area contributed by atoms with E-state index in [0.29, 0.717) is 12.0 Å². The van der Waals surface area contributed by atoms with E-state index < -0.39 is 0 Å². The summed E-state index contributed by atoms with van der Waals surface area (Å²) < 4.78 is 5.75. The summed E-state index contributed by atoms with van der Waals surface area (Å²) >= 11 is 0. The predicted octanol–water partition coefficient (Wildman–Crippen LogP) is 1.33. The minimum Gasteiger partial charge on any atom is -0.392 e. The van der Waals surface area contributed by atoms with Crippen LogP contribution in [-0.2, 0) is 4.74 Å². The topological polar surface area (TPSA) is 29.5 Å². The third kappa shape index (κ3) is 0.647. The number of hydrogen-bond acceptors (Lipinski definition) is 2. The van der Waals surface area contributed by atoms with Gasteiger partial charge in [-0.1, -0.05) is 6.42 Å². The van der Waals surface area contributed by atoms with Crippen LogP contribution in [0, 0.1) is 11.3 Å². The zero-order chi connectivity index (χ0) is 8.18. The first kappa shape index (κ1) is 7.34. The zero-order valence-corrected chi connectivity index (χ0v) is 7.33. The fourth-order valence-electron chi connectivity index (χ4n) is 3.36. The molecule has 1 heterocycles. The molecule has 3 fully saturated rings. The first-order valence-corrected chi connectivity index (χ1v) is 5.14. The van der Waals surface area contributed by atoms with Gasteiger partial charge in [0, 0.05) is 17.9 Å². The van der Waals surface area contributed by atoms with E-state index in [1.165, 1.54) is 25.7 Å². The van der Waals surface area contributed by atoms with Gasteiger partial charge in [-0.25, -0.2) is 0 Å². The second kappa shape index (κ2) is 2.24. The van der Waals surface area contributed by atoms with Crippen LogP contribution in [0.4, 0.5) is 0 Å². The van der Waals surface area contributed by atoms with Crippen LogP contribution in [0.15, 0.2) is 0 Å². The van der Waals surface area contributed by atoms with Crippen molar-refractivity contribution in [1.82, 2.24) is 0 Å². The lowest BCUT2D eigenvalue weighted by molar-refractivity contribution is -0.285. The monoisotopic (exact) mass is 168 g/mol. The highest BCUT2D eigenvalue weighted by molar-refractivity contribution is 5.14. The predicted molar refractivity (Wildman–Crippen MR) is 44.8 cm³/mol. The molecule has 2 heteroatoms. The molecule has 0 aromatic carbocycles. The van der Waals surface area contributed by atoms with Gasteiger partial charge in [-0.15, -0.1) is 0 Å². The first-order chi connectivity index (χ1) is 5.84. The molecule has 1 spiro atoms. The third-order valence-corrected chi connectivity index (χ3v) is 4.21. The van der Waals surface area contributed by atoms with Crippen molar-refractivity contribution in [3.05, 3.63) is 0 Å². The molecule has 3 aliphatic rings. The van der Waals surface area contributed by atoms with Crippen LogP contribution in [0.25, 0.3) is 0 Å². The van der Waals surface area contributed by atoms with Gasteiger partial charge in [0.1, 0.15) is 0 Å². The van der Waals surface area contributed by atoms with Crippen molar-refractivity contribution in [3.63, 3.8) is 0 Å². The van der Waals surface area contributed by atoms with Crippen molar-refractivity contribution in [1.29, 1.82) is 0 Å². The van der Waals surface area contributed by atoms with Gasteiger partial charge < -0.3 is 9.84 Å². The molecule has 0 aromatic heterocycles. The molecule has 3 rings (SSSR count). The fourth-order valence-corrected chi connectivity index (χ4v) is 3.36. The SMILES string of the molecule is O[C@@H]1[C@@H]2CCCO[C@@H]2C12CCC2. The van der Waals surface area contributed by atoms with E-state index >= 15 is 0 Å². The van der Waals surface area contributed by atoms with Crippen LogP contribution in [-0.4, -0.2) is 23.9 Å². The molecule has 0 bridgehead atoms. The van der Waals surface area contributed by atoms with Gasteiger partial charge >= 0.3 is 0 Å². The maximum absolute atomic E-state index is 9.93. The largest absolute Gasteiger partial charge is 0.392 e. The Morgan fingerprint density at radius 2 is 2.08 bits per heavy atom. The Kier molecular flexibility index (Phi) is 1.37. The summed E-state index contributed by atoms with van der Waals surface area (Å²) in [6, 6.07) is 0. The van der Waals surface area contributed by atoms with Crippen LogP contribution in [0.1, 0.15) is 32.1 Å². The highest BCUT2D eigenvalue weighted by Crippen LogP contribution is 2.62. The molecule has 0 unspecified atom stereocenters. The van der Waals surface area contributed by atoms with E-state index in [9.17, 15) is 5.11 Å². The Labute approximate surface area is 72.9 Å². The average Bonchev–Trinajstić information content (AvgIpc) is 2.01. The minimum atomic E-state index is -0.0310. The number of rotatable bonds is 0. The van der Waals surface area contributed by atoms with Crippen molar-refractivity contribution in [3.8, 4) is 0 Å². The maximum atomic E-state index is 9.93. The van der Waals surface area contributed by atoms with E-state index in [-0.39, 0.29) is 11.5 Å². The number of fused-ring (bicyclic) bond motifs is 2. The summed E-state index contributed by atoms with van der Waals surface area (Å²) in [6.07, 6.45) is 6.43. The van der Waals surface area contributed by atoms with Crippen LogP contribution >= 0.6 is 0 Å². The highest BCUT2D eigenvalue weighted by atomic mass is 16.5. The van der Waals surface area contributed by atoms with E-state index in [1.54, 1.807) is 0 Å². The number of ether oxygens (including phenoxy) is 1. The van der Waals surface area contributed by atoms with E-state index in [0.717, 1.165) is 13.0 Å². The van der Waals surface area contributed by atoms with Crippen LogP contribution in [0.3, 0.4) is 0 Å². The van der Waals surface area contributed by atoms with Gasteiger partial charge in [0.15, 0.2) is 0 Å². The van der Waals surface area contributed by atoms with Gasteiger partial charge in [-0.3, -0.25) is 0 Å². The van der Waals surface area contributed by atoms with E-state index in [1.807, 2.05) is 0 Å². The van der Waals surface area contributed by atoms with Crippen molar-refractivity contribution in [2.24, 2.45) is 11.3 Å². The summed E-state index contributed by atoms with van der Waals surface area (Å²) in [7, 11) is 0. The zero-order valence-electron chi connectivity index (χ0n) is 7.33. The van der Waals surface area contributed by atoms with Crippen LogP contribution < -0.4 is 0 Å². The molecule has 1 aliphatic heterocycles. The summed E-state index contributed by atoms with van der Waals surface area (Å²) in [5.74, 6) is 0.485. The molecular weight excluding hydrogens is 152 g/mol. The Balaban J connectivity index is 1.80. The van der Waals surface area contributed by atoms with Crippen molar-refractivity contribution < 1.29 is 9.84 Å². The molecule has 2 nitrogen and oxygen atoms in total. The van der Waals surface area contributed by atoms with Crippen LogP contribution in [0.2, 0.25) is 0 Å². The average molecular weight is 168 g/mol. The Bertz CT molecular complexity index is 198. The maximum Gasteiger partial charge on any atom is 0.0709 e. The number of aliphatic hydroxyl groups excluding tert-OH is 1. The summed E-state index contributed by atoms with van der Waals surface area (Å²) in [5.41, 5.74) is 0.227. The highest BCUT2D eigenvalue weighted by Gasteiger charge is 2.64. The third-order valence-electron chi connectivity index (χ3n) is 4.21. The second-order valence-corrected chi connectivity index (χ2v) is 4.63. The van der Waals surface area contributed by atoms with Crippen LogP contribution in [0.5, 0.6) is 0 Å². The van der Waals surface area contributed by atoms with Gasteiger partial charge in [0.05, 0.1) is 12.2 Å². The molecule has 0 aromatic rings. The molecule has 12 heavy (non-hydrogen) atoms. The number of hydrogen-bond donors (Lipinski definition) is 1. The molecule has 1 N–H and O–H groups in total. The Morgan fingerprint density at radius 3 is 2.75 bits per heavy atom. The van der Waals surface area contributed by atoms with E-state index in [4.69, 9.17) is 4.74 Å². The molecule has 1 saturated heterocycles. The molecule has 3 atom stereocenters. The molecule has 68 valence electrons. The van der Waals surface area contributed by atoms with Crippen molar-refractivity contribution in [2.45, 2.75) is 44.3 Å². The molecular formula is C10H16O2. The Morgan fingerprint density at radius 1 is 1.25 bits per heavy atom. The normalized spacial score (nSPS) is 49.2. The van der Waals surface area contributed by atoms with Gasteiger partial charge in [-0.2, -0.15) is 0 Å². The lowest BCUT2D eigenvalue weighted by atomic mass is 9.46. The first-order valence-electron chi connectivity index (χ1n) is 5.14. The van der Waals surface area contributed by atoms with E-state index in [2.05, 4.69) is 0 Å². The molecule has 2 aliphatic carbocycles. The molecule has 0 amide bonds. The molecule has 2 saturated carbocycles. The van der Waals surface area contributed by atoms with Crippen molar-refractivity contribution in [2.75, 3.05) is 6.61 Å². The quantitative estimate of drug-likeness (QED) is 0.591. The second-order valence-electron chi connectivity index (χ2n) is 4.63. The smallest absolute Gasteiger partial charge is 0.0709 e. The summed E-state index contributed by atoms with van der Waals surface area (Å²) in [6.45, 7) is 0.926. The lowest BCUT2D eigenvalue weighted by Gasteiger charge is -2.64. The minimum absolute atomic E-state index is 0.0310. The lowest BCUT2D eigenvalue weighted by Crippen LogP contribution is -2.69. The van der Waals surface area contributed by atoms with Gasteiger partial charge in [0.2, 0.25) is 0 Å². The van der Waals surface area contributed by atoms with Gasteiger partial charge in [0.25, 0.3) is 0 Å². The van der Waals surface area contributed by atoms with Crippen molar-refractivity contribution >= 4 is 0 Å². The summed E-state index contributed by atoms with van der Waals surface area (Å²) in [5, 5.41) is 9.93. The Hall–Kier alpha value is -0.0800. The van der Waals surface area contributed by atoms with Gasteiger partial charge in [-0.05, 0) is 25.7 Å². The summed E-state index contributed by atoms with van der Waals surface area (Å²) in [4.78, 5) is 0.